The summed E-state index contributed by atoms with van der Waals surface area (Å²) < 4.78 is 0. The molecule has 0 aliphatic carbocycles. The van der Waals surface area contributed by atoms with E-state index in [1.807, 2.05) is 6.92 Å². The number of carboxylic acid groups (broad SMARTS) is 1. The highest BCUT2D eigenvalue weighted by molar-refractivity contribution is 6.30. The maximum Gasteiger partial charge on any atom is 0.329 e. The quantitative estimate of drug-likeness (QED) is 0.664. The first-order valence-electron chi connectivity index (χ1n) is 6.87. The van der Waals surface area contributed by atoms with Crippen molar-refractivity contribution in [3.63, 3.8) is 0 Å². The molecule has 1 aromatic rings. The molecule has 0 spiro atoms. The van der Waals surface area contributed by atoms with E-state index >= 15 is 0 Å². The molecule has 1 unspecified atom stereocenters. The molecule has 1 aromatic carbocycles. The van der Waals surface area contributed by atoms with Gasteiger partial charge in [0.1, 0.15) is 11.2 Å². The second-order valence-electron chi connectivity index (χ2n) is 5.23. The lowest BCUT2D eigenvalue weighted by Gasteiger charge is -2.36. The van der Waals surface area contributed by atoms with Crippen LogP contribution in [0.1, 0.15) is 32.6 Å². The van der Waals surface area contributed by atoms with Crippen molar-refractivity contribution in [2.24, 2.45) is 0 Å². The molecule has 0 bridgehead atoms. The normalized spacial score (nSPS) is 21.5. The average molecular weight is 313 g/mol. The topological polar surface area (TPSA) is 83.7 Å². The number of nitrogens with zero attached hydrogens (tertiary/aromatic N) is 2. The van der Waals surface area contributed by atoms with Crippen LogP contribution in [0.15, 0.2) is 18.2 Å². The first-order chi connectivity index (χ1) is 9.92. The molecule has 1 atom stereocenters. The molecule has 1 fully saturated rings. The molecule has 1 aliphatic rings. The monoisotopic (exact) mass is 312 g/mol. The predicted octanol–water partition coefficient (Wildman–Crippen LogP) is 3.47. The van der Waals surface area contributed by atoms with Crippen molar-refractivity contribution >= 4 is 28.9 Å². The Morgan fingerprint density at radius 1 is 1.57 bits per heavy atom. The third-order valence-electron chi connectivity index (χ3n) is 3.98. The molecule has 0 aromatic heterocycles. The number of nitro groups is 1. The maximum atomic E-state index is 11.8. The van der Waals surface area contributed by atoms with Crippen LogP contribution in [-0.4, -0.2) is 28.1 Å². The van der Waals surface area contributed by atoms with Crippen molar-refractivity contribution < 1.29 is 14.8 Å². The fourth-order valence-electron chi connectivity index (χ4n) is 3.10. The van der Waals surface area contributed by atoms with E-state index in [2.05, 4.69) is 0 Å². The molecule has 7 heteroatoms. The lowest BCUT2D eigenvalue weighted by Crippen LogP contribution is -2.50. The third-order valence-corrected chi connectivity index (χ3v) is 4.21. The van der Waals surface area contributed by atoms with Crippen LogP contribution in [0.5, 0.6) is 0 Å². The van der Waals surface area contributed by atoms with E-state index < -0.39 is 16.4 Å². The lowest BCUT2D eigenvalue weighted by atomic mass is 9.90. The maximum absolute atomic E-state index is 11.8. The van der Waals surface area contributed by atoms with Crippen molar-refractivity contribution in [1.29, 1.82) is 0 Å². The standard InChI is InChI=1S/C14H17ClN2O4/c1-2-6-14(13(18)19)7-3-8-16(14)11-5-4-10(15)9-12(11)17(20)21/h4-5,9H,2-3,6-8H2,1H3,(H,18,19). The zero-order chi connectivity index (χ0) is 15.6. The van der Waals surface area contributed by atoms with E-state index in [0.717, 1.165) is 0 Å². The van der Waals surface area contributed by atoms with Gasteiger partial charge in [-0.2, -0.15) is 0 Å². The molecule has 21 heavy (non-hydrogen) atoms. The molecule has 0 saturated carbocycles. The minimum atomic E-state index is -1.06. The molecule has 0 amide bonds. The van der Waals surface area contributed by atoms with E-state index in [1.165, 1.54) is 6.07 Å². The number of hydrogen-bond donors (Lipinski definition) is 1. The van der Waals surface area contributed by atoms with Crippen LogP contribution >= 0.6 is 11.6 Å². The summed E-state index contributed by atoms with van der Waals surface area (Å²) >= 11 is 5.82. The minimum Gasteiger partial charge on any atom is -0.479 e. The van der Waals surface area contributed by atoms with Crippen LogP contribution in [0.2, 0.25) is 5.02 Å². The van der Waals surface area contributed by atoms with Crippen LogP contribution < -0.4 is 4.90 Å². The van der Waals surface area contributed by atoms with Gasteiger partial charge in [-0.15, -0.1) is 0 Å². The van der Waals surface area contributed by atoms with E-state index in [1.54, 1.807) is 17.0 Å². The number of halogens is 1. The van der Waals surface area contributed by atoms with Gasteiger partial charge >= 0.3 is 5.97 Å². The van der Waals surface area contributed by atoms with Crippen LogP contribution in [0.25, 0.3) is 0 Å². The lowest BCUT2D eigenvalue weighted by molar-refractivity contribution is -0.384. The Labute approximate surface area is 127 Å². The molecule has 2 rings (SSSR count). The van der Waals surface area contributed by atoms with Crippen molar-refractivity contribution in [3.05, 3.63) is 33.3 Å². The number of hydrogen-bond acceptors (Lipinski definition) is 4. The summed E-state index contributed by atoms with van der Waals surface area (Å²) in [6, 6.07) is 4.37. The van der Waals surface area contributed by atoms with Crippen LogP contribution in [0.4, 0.5) is 11.4 Å². The van der Waals surface area contributed by atoms with Crippen molar-refractivity contribution in [2.45, 2.75) is 38.1 Å². The van der Waals surface area contributed by atoms with E-state index in [9.17, 15) is 20.0 Å². The van der Waals surface area contributed by atoms with E-state index in [-0.39, 0.29) is 10.7 Å². The summed E-state index contributed by atoms with van der Waals surface area (Å²) in [6.45, 7) is 2.41. The highest BCUT2D eigenvalue weighted by Crippen LogP contribution is 2.42. The molecule has 0 radical (unpaired) electrons. The SMILES string of the molecule is CCCC1(C(=O)O)CCCN1c1ccc(Cl)cc1[N+](=O)[O-]. The Hall–Kier alpha value is -1.82. The largest absolute Gasteiger partial charge is 0.479 e. The van der Waals surface area contributed by atoms with Crippen molar-refractivity contribution in [1.82, 2.24) is 0 Å². The highest BCUT2D eigenvalue weighted by Gasteiger charge is 2.48. The summed E-state index contributed by atoms with van der Waals surface area (Å²) in [5.74, 6) is -0.925. The van der Waals surface area contributed by atoms with Gasteiger partial charge in [0.2, 0.25) is 0 Å². The van der Waals surface area contributed by atoms with Gasteiger partial charge in [0.15, 0.2) is 0 Å². The summed E-state index contributed by atoms with van der Waals surface area (Å²) in [6.07, 6.45) is 2.36. The first-order valence-corrected chi connectivity index (χ1v) is 7.25. The molecule has 6 nitrogen and oxygen atoms in total. The molecule has 1 aliphatic heterocycles. The van der Waals surface area contributed by atoms with E-state index in [4.69, 9.17) is 11.6 Å². The second-order valence-corrected chi connectivity index (χ2v) is 5.67. The fraction of sp³-hybridized carbons (Fsp3) is 0.500. The minimum absolute atomic E-state index is 0.147. The van der Waals surface area contributed by atoms with Crippen LogP contribution in [0.3, 0.4) is 0 Å². The van der Waals surface area contributed by atoms with Gasteiger partial charge in [-0.3, -0.25) is 10.1 Å². The predicted molar refractivity (Wildman–Crippen MR) is 80.0 cm³/mol. The third kappa shape index (κ3) is 2.68. The first kappa shape index (κ1) is 15.6. The molecule has 114 valence electrons. The van der Waals surface area contributed by atoms with Crippen molar-refractivity contribution in [2.75, 3.05) is 11.4 Å². The van der Waals surface area contributed by atoms with Gasteiger partial charge < -0.3 is 10.0 Å². The van der Waals surface area contributed by atoms with Gasteiger partial charge in [-0.1, -0.05) is 24.9 Å². The Kier molecular flexibility index (Phi) is 4.37. The average Bonchev–Trinajstić information content (AvgIpc) is 2.84. The summed E-state index contributed by atoms with van der Waals surface area (Å²) in [4.78, 5) is 24.2. The summed E-state index contributed by atoms with van der Waals surface area (Å²) in [7, 11) is 0. The van der Waals surface area contributed by atoms with Crippen LogP contribution in [0, 0.1) is 10.1 Å². The number of rotatable bonds is 5. The zero-order valence-electron chi connectivity index (χ0n) is 11.7. The van der Waals surface area contributed by atoms with Gasteiger partial charge in [-0.05, 0) is 31.4 Å². The molecule has 1 saturated heterocycles. The Balaban J connectivity index is 2.54. The van der Waals surface area contributed by atoms with Gasteiger partial charge in [0.25, 0.3) is 5.69 Å². The molecular formula is C14H17ClN2O4. The number of carbonyl (C=O) groups is 1. The Morgan fingerprint density at radius 3 is 2.86 bits per heavy atom. The van der Waals surface area contributed by atoms with Crippen molar-refractivity contribution in [3.8, 4) is 0 Å². The smallest absolute Gasteiger partial charge is 0.329 e. The number of nitro benzene ring substituents is 1. The molecule has 1 N–H and O–H groups in total. The number of benzene rings is 1. The zero-order valence-corrected chi connectivity index (χ0v) is 12.5. The molecule has 1 heterocycles. The summed E-state index contributed by atoms with van der Waals surface area (Å²) in [5.41, 5.74) is -0.878. The molecular weight excluding hydrogens is 296 g/mol. The Bertz CT molecular complexity index is 578. The number of aliphatic carboxylic acids is 1. The van der Waals surface area contributed by atoms with Gasteiger partial charge in [0.05, 0.1) is 4.92 Å². The highest BCUT2D eigenvalue weighted by atomic mass is 35.5. The number of carboxylic acids is 1. The van der Waals surface area contributed by atoms with Crippen LogP contribution in [-0.2, 0) is 4.79 Å². The number of anilines is 1. The van der Waals surface area contributed by atoms with Gasteiger partial charge in [-0.25, -0.2) is 4.79 Å². The second kappa shape index (κ2) is 5.89. The summed E-state index contributed by atoms with van der Waals surface area (Å²) in [5, 5.41) is 21.2. The van der Waals surface area contributed by atoms with E-state index in [0.29, 0.717) is 37.9 Å². The Morgan fingerprint density at radius 2 is 2.29 bits per heavy atom. The fourth-order valence-corrected chi connectivity index (χ4v) is 3.27. The van der Waals surface area contributed by atoms with Gasteiger partial charge in [0, 0.05) is 17.6 Å².